The smallest absolute Gasteiger partial charge is 0.0614 e. The van der Waals surface area contributed by atoms with E-state index >= 15 is 0 Å². The van der Waals surface area contributed by atoms with Gasteiger partial charge in [0, 0.05) is 0 Å². The van der Waals surface area contributed by atoms with Gasteiger partial charge in [-0.25, -0.2) is 0 Å². The van der Waals surface area contributed by atoms with E-state index in [0.717, 1.165) is 49.9 Å². The molecule has 0 rings (SSSR count). The van der Waals surface area contributed by atoms with Crippen molar-refractivity contribution in [1.29, 1.82) is 0 Å². The molecule has 0 aromatic rings. The molecule has 0 fully saturated rings. The van der Waals surface area contributed by atoms with Crippen LogP contribution >= 0.6 is 0 Å². The largest absolute Gasteiger partial charge is 0.392 e. The lowest BCUT2D eigenvalue weighted by Crippen LogP contribution is -2.00. The summed E-state index contributed by atoms with van der Waals surface area (Å²) >= 11 is 0. The van der Waals surface area contributed by atoms with Crippen molar-refractivity contribution in [3.05, 3.63) is 46.6 Å². The van der Waals surface area contributed by atoms with E-state index in [1.165, 1.54) is 73.7 Å². The summed E-state index contributed by atoms with van der Waals surface area (Å²) in [6, 6.07) is 0. The van der Waals surface area contributed by atoms with Gasteiger partial charge in [0.05, 0.1) is 13.2 Å². The van der Waals surface area contributed by atoms with Crippen LogP contribution in [0.4, 0.5) is 0 Å². The predicted octanol–water partition coefficient (Wildman–Crippen LogP) is 10.8. The van der Waals surface area contributed by atoms with E-state index in [1.807, 2.05) is 12.2 Å². The monoisotopic (exact) mass is 519 g/mol. The normalized spacial score (nSPS) is 14.3. The highest BCUT2D eigenvalue weighted by atomic mass is 16.3. The molecule has 0 radical (unpaired) electrons. The van der Waals surface area contributed by atoms with Gasteiger partial charge in [-0.2, -0.15) is 0 Å². The van der Waals surface area contributed by atoms with E-state index in [-0.39, 0.29) is 13.2 Å². The lowest BCUT2D eigenvalue weighted by atomic mass is 9.91. The van der Waals surface area contributed by atoms with Crippen LogP contribution in [0.15, 0.2) is 46.6 Å². The van der Waals surface area contributed by atoms with Crippen molar-refractivity contribution in [2.75, 3.05) is 13.2 Å². The Kier molecular flexibility index (Phi) is 27.2. The molecule has 0 saturated heterocycles. The zero-order valence-corrected chi connectivity index (χ0v) is 26.5. The molecule has 0 heterocycles. The number of hydrogen-bond acceptors (Lipinski definition) is 2. The van der Waals surface area contributed by atoms with Gasteiger partial charge < -0.3 is 10.2 Å². The summed E-state index contributed by atoms with van der Waals surface area (Å²) in [6.07, 6.45) is 25.0. The van der Waals surface area contributed by atoms with Crippen molar-refractivity contribution in [3.63, 3.8) is 0 Å². The molecule has 2 nitrogen and oxygen atoms in total. The zero-order chi connectivity index (χ0) is 28.5. The first-order valence-electron chi connectivity index (χ1n) is 15.3. The first kappa shape index (κ1) is 38.0. The fourth-order valence-electron chi connectivity index (χ4n) is 4.46. The molecule has 2 heteroatoms. The van der Waals surface area contributed by atoms with Crippen LogP contribution < -0.4 is 0 Å². The second kappa shape index (κ2) is 26.5. The van der Waals surface area contributed by atoms with Crippen LogP contribution in [0.3, 0.4) is 0 Å². The van der Waals surface area contributed by atoms with Crippen LogP contribution in [0.25, 0.3) is 0 Å². The summed E-state index contributed by atoms with van der Waals surface area (Å²) in [6.45, 7) is 20.5. The third kappa shape index (κ3) is 31.0. The molecule has 2 N–H and O–H groups in total. The summed E-state index contributed by atoms with van der Waals surface area (Å²) in [7, 11) is 0. The van der Waals surface area contributed by atoms with Gasteiger partial charge in [-0.3, -0.25) is 0 Å². The molecule has 0 aliphatic heterocycles. The van der Waals surface area contributed by atoms with Gasteiger partial charge in [-0.05, 0) is 90.9 Å². The van der Waals surface area contributed by atoms with E-state index in [4.69, 9.17) is 10.2 Å². The number of hydrogen-bond donors (Lipinski definition) is 2. The molecule has 0 spiro atoms. The third-order valence-corrected chi connectivity index (χ3v) is 7.14. The second-order valence-electron chi connectivity index (χ2n) is 12.2. The average Bonchev–Trinajstić information content (AvgIpc) is 2.79. The predicted molar refractivity (Wildman–Crippen MR) is 168 cm³/mol. The summed E-state index contributed by atoms with van der Waals surface area (Å²) < 4.78 is 0. The van der Waals surface area contributed by atoms with Gasteiger partial charge >= 0.3 is 0 Å². The number of rotatable bonds is 20. The molecular weight excluding hydrogens is 452 g/mol. The molecule has 2 atom stereocenters. The van der Waals surface area contributed by atoms with Crippen molar-refractivity contribution in [2.24, 2.45) is 17.8 Å². The van der Waals surface area contributed by atoms with E-state index < -0.39 is 0 Å². The Morgan fingerprint density at radius 3 is 1.38 bits per heavy atom. The summed E-state index contributed by atoms with van der Waals surface area (Å²) in [5.74, 6) is 2.63. The standard InChI is InChI=1S/C20H40O.C15H26O/c1-17(2)9-6-10-18(3)11-7-12-19(4)13-8-14-20(5)15-16-21;1-13(2)7-5-8-14(3)9-6-10-15(4)11-12-16/h15,17-19,21H,6-14,16H2,1-5H3;7,9,11,16H,5-6,8,10,12H2,1-4H3/b20-15+;14-9?,15-11+/t18-,19-;/m1./s1. The molecule has 0 unspecified atom stereocenters. The van der Waals surface area contributed by atoms with Crippen LogP contribution in [-0.4, -0.2) is 23.4 Å². The van der Waals surface area contributed by atoms with E-state index in [0.29, 0.717) is 0 Å². The van der Waals surface area contributed by atoms with Gasteiger partial charge in [-0.1, -0.05) is 119 Å². The molecular formula is C35H66O2. The van der Waals surface area contributed by atoms with Gasteiger partial charge in [0.2, 0.25) is 0 Å². The molecule has 0 bridgehead atoms. The number of aliphatic hydroxyl groups is 2. The minimum atomic E-state index is 0.162. The van der Waals surface area contributed by atoms with Gasteiger partial charge in [0.15, 0.2) is 0 Å². The summed E-state index contributed by atoms with van der Waals surface area (Å²) in [4.78, 5) is 0. The Labute approximate surface area is 233 Å². The summed E-state index contributed by atoms with van der Waals surface area (Å²) in [5, 5.41) is 17.5. The molecule has 37 heavy (non-hydrogen) atoms. The minimum Gasteiger partial charge on any atom is -0.392 e. The number of allylic oxidation sites excluding steroid dienone is 6. The molecule has 0 aromatic heterocycles. The highest BCUT2D eigenvalue weighted by Gasteiger charge is 2.06. The van der Waals surface area contributed by atoms with E-state index in [2.05, 4.69) is 74.5 Å². The molecule has 0 aliphatic rings. The Morgan fingerprint density at radius 1 is 0.514 bits per heavy atom. The van der Waals surface area contributed by atoms with Crippen molar-refractivity contribution in [3.8, 4) is 0 Å². The third-order valence-electron chi connectivity index (χ3n) is 7.14. The Balaban J connectivity index is 0. The van der Waals surface area contributed by atoms with Gasteiger partial charge in [0.1, 0.15) is 0 Å². The Bertz CT molecular complexity index is 632. The summed E-state index contributed by atoms with van der Waals surface area (Å²) in [5.41, 5.74) is 5.48. The van der Waals surface area contributed by atoms with Gasteiger partial charge in [-0.15, -0.1) is 0 Å². The second-order valence-corrected chi connectivity index (χ2v) is 12.2. The van der Waals surface area contributed by atoms with E-state index in [9.17, 15) is 0 Å². The lowest BCUT2D eigenvalue weighted by molar-refractivity contribution is 0.341. The Hall–Kier alpha value is -1.12. The highest BCUT2D eigenvalue weighted by molar-refractivity contribution is 5.05. The minimum absolute atomic E-state index is 0.162. The van der Waals surface area contributed by atoms with Crippen molar-refractivity contribution in [2.45, 2.75) is 146 Å². The quantitative estimate of drug-likeness (QED) is 0.157. The number of aliphatic hydroxyl groups excluding tert-OH is 2. The van der Waals surface area contributed by atoms with Crippen LogP contribution in [-0.2, 0) is 0 Å². The fourth-order valence-corrected chi connectivity index (χ4v) is 4.46. The van der Waals surface area contributed by atoms with Crippen LogP contribution in [0.2, 0.25) is 0 Å². The molecule has 0 aliphatic carbocycles. The molecule has 0 amide bonds. The highest BCUT2D eigenvalue weighted by Crippen LogP contribution is 2.22. The first-order chi connectivity index (χ1) is 17.5. The first-order valence-corrected chi connectivity index (χ1v) is 15.3. The average molecular weight is 519 g/mol. The van der Waals surface area contributed by atoms with Crippen molar-refractivity contribution in [1.82, 2.24) is 0 Å². The maximum absolute atomic E-state index is 8.83. The van der Waals surface area contributed by atoms with Crippen LogP contribution in [0.1, 0.15) is 146 Å². The van der Waals surface area contributed by atoms with Crippen LogP contribution in [0.5, 0.6) is 0 Å². The fraction of sp³-hybridized carbons (Fsp3) is 0.771. The lowest BCUT2D eigenvalue weighted by Gasteiger charge is -2.15. The topological polar surface area (TPSA) is 40.5 Å². The maximum atomic E-state index is 8.83. The van der Waals surface area contributed by atoms with E-state index in [1.54, 1.807) is 0 Å². The Morgan fingerprint density at radius 2 is 0.919 bits per heavy atom. The molecule has 218 valence electrons. The molecule has 0 saturated carbocycles. The van der Waals surface area contributed by atoms with Gasteiger partial charge in [0.25, 0.3) is 0 Å². The maximum Gasteiger partial charge on any atom is 0.0614 e. The zero-order valence-electron chi connectivity index (χ0n) is 26.5. The van der Waals surface area contributed by atoms with Crippen molar-refractivity contribution >= 4 is 0 Å². The SMILES string of the molecule is C/C(=C\CO)CCC[C@H](C)CCC[C@H](C)CCCC(C)C.CC(C)=CCCC(C)=CCC/C(C)=C/CO. The molecule has 0 aromatic carbocycles. The van der Waals surface area contributed by atoms with Crippen LogP contribution in [0, 0.1) is 17.8 Å². The van der Waals surface area contributed by atoms with Crippen molar-refractivity contribution < 1.29 is 10.2 Å².